The number of carbonyl (C=O) groups excluding carboxylic acids is 1. The Hall–Kier alpha value is -0.770. The first-order valence-corrected chi connectivity index (χ1v) is 5.83. The number of carbonyl (C=O) groups is 1. The van der Waals surface area contributed by atoms with Crippen LogP contribution in [0.2, 0.25) is 0 Å². The normalized spacial score (nSPS) is 21.5. The molecule has 0 bridgehead atoms. The summed E-state index contributed by atoms with van der Waals surface area (Å²) in [6, 6.07) is 0.301. The molecule has 0 aliphatic carbocycles. The molecule has 0 saturated carbocycles. The molecule has 1 rings (SSSR count). The maximum atomic E-state index is 11.8. The van der Waals surface area contributed by atoms with Crippen molar-refractivity contribution in [3.8, 4) is 0 Å². The molecule has 1 heterocycles. The van der Waals surface area contributed by atoms with E-state index in [-0.39, 0.29) is 12.2 Å². The van der Waals surface area contributed by atoms with Crippen molar-refractivity contribution >= 4 is 6.09 Å². The fourth-order valence-electron chi connectivity index (χ4n) is 1.91. The van der Waals surface area contributed by atoms with Crippen LogP contribution < -0.4 is 5.32 Å². The Kier molecular flexibility index (Phi) is 4.88. The second-order valence-electron chi connectivity index (χ2n) is 4.22. The Balaban J connectivity index is 2.49. The lowest BCUT2D eigenvalue weighted by Gasteiger charge is -2.33. The summed E-state index contributed by atoms with van der Waals surface area (Å²) in [5, 5.41) is 3.31. The maximum absolute atomic E-state index is 11.8. The Bertz CT molecular complexity index is 201. The van der Waals surface area contributed by atoms with Crippen LogP contribution in [0.15, 0.2) is 0 Å². The number of hydrogen-bond donors (Lipinski definition) is 1. The first-order chi connectivity index (χ1) is 7.15. The van der Waals surface area contributed by atoms with E-state index in [1.165, 1.54) is 0 Å². The van der Waals surface area contributed by atoms with Crippen LogP contribution in [0.4, 0.5) is 4.79 Å². The van der Waals surface area contributed by atoms with Crippen molar-refractivity contribution in [1.29, 1.82) is 0 Å². The highest BCUT2D eigenvalue weighted by Gasteiger charge is 2.25. The van der Waals surface area contributed by atoms with E-state index in [0.29, 0.717) is 6.04 Å². The van der Waals surface area contributed by atoms with Crippen molar-refractivity contribution in [3.05, 3.63) is 0 Å². The van der Waals surface area contributed by atoms with Crippen molar-refractivity contribution < 1.29 is 9.53 Å². The van der Waals surface area contributed by atoms with Gasteiger partial charge in [0.1, 0.15) is 0 Å². The van der Waals surface area contributed by atoms with Gasteiger partial charge in [-0.2, -0.15) is 0 Å². The number of hydrogen-bond acceptors (Lipinski definition) is 3. The zero-order valence-electron chi connectivity index (χ0n) is 9.95. The molecule has 0 aromatic rings. The summed E-state index contributed by atoms with van der Waals surface area (Å²) in [5.74, 6) is 0. The van der Waals surface area contributed by atoms with Gasteiger partial charge in [-0.1, -0.05) is 0 Å². The van der Waals surface area contributed by atoms with Gasteiger partial charge in [-0.3, -0.25) is 0 Å². The second-order valence-corrected chi connectivity index (χ2v) is 4.22. The molecule has 1 fully saturated rings. The molecule has 1 aliphatic heterocycles. The van der Waals surface area contributed by atoms with Gasteiger partial charge < -0.3 is 15.0 Å². The number of nitrogens with one attached hydrogen (secondary N) is 1. The summed E-state index contributed by atoms with van der Waals surface area (Å²) >= 11 is 0. The smallest absolute Gasteiger partial charge is 0.410 e. The van der Waals surface area contributed by atoms with Gasteiger partial charge in [0.25, 0.3) is 0 Å². The van der Waals surface area contributed by atoms with E-state index in [1.54, 1.807) is 0 Å². The van der Waals surface area contributed by atoms with Crippen LogP contribution in [0.5, 0.6) is 0 Å². The quantitative estimate of drug-likeness (QED) is 0.776. The minimum Gasteiger partial charge on any atom is -0.447 e. The zero-order chi connectivity index (χ0) is 11.3. The van der Waals surface area contributed by atoms with Crippen LogP contribution in [-0.4, -0.2) is 42.8 Å². The average molecular weight is 214 g/mol. The Labute approximate surface area is 92.0 Å². The topological polar surface area (TPSA) is 41.6 Å². The molecule has 1 amide bonds. The molecule has 1 aliphatic rings. The fraction of sp³-hybridized carbons (Fsp3) is 0.909. The molecular weight excluding hydrogens is 192 g/mol. The highest BCUT2D eigenvalue weighted by Crippen LogP contribution is 2.12. The Morgan fingerprint density at radius 3 is 2.80 bits per heavy atom. The molecule has 1 unspecified atom stereocenters. The first-order valence-electron chi connectivity index (χ1n) is 5.83. The first kappa shape index (κ1) is 12.3. The van der Waals surface area contributed by atoms with E-state index >= 15 is 0 Å². The van der Waals surface area contributed by atoms with E-state index in [0.717, 1.165) is 32.5 Å². The monoisotopic (exact) mass is 214 g/mol. The van der Waals surface area contributed by atoms with Crippen LogP contribution in [0.25, 0.3) is 0 Å². The summed E-state index contributed by atoms with van der Waals surface area (Å²) < 4.78 is 5.22. The van der Waals surface area contributed by atoms with E-state index in [2.05, 4.69) is 5.32 Å². The van der Waals surface area contributed by atoms with Crippen LogP contribution >= 0.6 is 0 Å². The van der Waals surface area contributed by atoms with Crippen molar-refractivity contribution in [1.82, 2.24) is 10.2 Å². The zero-order valence-corrected chi connectivity index (χ0v) is 9.95. The summed E-state index contributed by atoms with van der Waals surface area (Å²) in [5.41, 5.74) is 0. The van der Waals surface area contributed by atoms with Gasteiger partial charge >= 0.3 is 6.09 Å². The van der Waals surface area contributed by atoms with Crippen molar-refractivity contribution in [2.75, 3.05) is 19.6 Å². The minimum atomic E-state index is -0.179. The Morgan fingerprint density at radius 2 is 2.33 bits per heavy atom. The molecule has 15 heavy (non-hydrogen) atoms. The van der Waals surface area contributed by atoms with Crippen LogP contribution in [-0.2, 0) is 4.74 Å². The summed E-state index contributed by atoms with van der Waals surface area (Å²) in [7, 11) is 0. The number of likely N-dealkylation sites (N-methyl/N-ethyl adjacent to an activating group) is 1. The lowest BCUT2D eigenvalue weighted by Crippen LogP contribution is -2.49. The van der Waals surface area contributed by atoms with Gasteiger partial charge in [0.15, 0.2) is 0 Å². The third kappa shape index (κ3) is 3.70. The lowest BCUT2D eigenvalue weighted by molar-refractivity contribution is 0.0606. The predicted molar refractivity (Wildman–Crippen MR) is 59.9 cm³/mol. The molecule has 0 spiro atoms. The maximum Gasteiger partial charge on any atom is 0.410 e. The van der Waals surface area contributed by atoms with Crippen molar-refractivity contribution in [3.63, 3.8) is 0 Å². The molecular formula is C11H22N2O2. The summed E-state index contributed by atoms with van der Waals surface area (Å²) in [6.45, 7) is 8.43. The molecule has 1 N–H and O–H groups in total. The third-order valence-electron chi connectivity index (χ3n) is 2.62. The standard InChI is InChI=1S/C11H22N2O2/c1-4-13(11(14)15-9(2)3)10-6-5-7-12-8-10/h9-10,12H,4-8H2,1-3H3. The van der Waals surface area contributed by atoms with Crippen molar-refractivity contribution in [2.45, 2.75) is 45.8 Å². The number of ether oxygens (including phenoxy) is 1. The number of piperidine rings is 1. The van der Waals surface area contributed by atoms with E-state index in [4.69, 9.17) is 4.74 Å². The van der Waals surface area contributed by atoms with E-state index in [1.807, 2.05) is 25.7 Å². The molecule has 1 saturated heterocycles. The minimum absolute atomic E-state index is 0.0388. The largest absolute Gasteiger partial charge is 0.447 e. The van der Waals surface area contributed by atoms with Crippen LogP contribution in [0.1, 0.15) is 33.6 Å². The summed E-state index contributed by atoms with van der Waals surface area (Å²) in [6.07, 6.45) is 1.99. The van der Waals surface area contributed by atoms with Gasteiger partial charge in [-0.15, -0.1) is 0 Å². The third-order valence-corrected chi connectivity index (χ3v) is 2.62. The SMILES string of the molecule is CCN(C(=O)OC(C)C)C1CCCNC1. The van der Waals surface area contributed by atoms with Crippen LogP contribution in [0, 0.1) is 0 Å². The van der Waals surface area contributed by atoms with Gasteiger partial charge in [0.05, 0.1) is 6.10 Å². The van der Waals surface area contributed by atoms with Crippen molar-refractivity contribution in [2.24, 2.45) is 0 Å². The number of rotatable bonds is 3. The molecule has 0 aromatic heterocycles. The molecule has 0 aromatic carbocycles. The molecule has 88 valence electrons. The predicted octanol–water partition coefficient (Wildman–Crippen LogP) is 1.61. The summed E-state index contributed by atoms with van der Waals surface area (Å²) in [4.78, 5) is 13.6. The van der Waals surface area contributed by atoms with Gasteiger partial charge in [0.2, 0.25) is 0 Å². The molecule has 4 heteroatoms. The van der Waals surface area contributed by atoms with Gasteiger partial charge in [0, 0.05) is 19.1 Å². The number of nitrogens with zero attached hydrogens (tertiary/aromatic N) is 1. The Morgan fingerprint density at radius 1 is 1.60 bits per heavy atom. The van der Waals surface area contributed by atoms with E-state index in [9.17, 15) is 4.79 Å². The van der Waals surface area contributed by atoms with E-state index < -0.39 is 0 Å². The molecule has 1 atom stereocenters. The average Bonchev–Trinajstić information content (AvgIpc) is 2.19. The van der Waals surface area contributed by atoms with Gasteiger partial charge in [-0.05, 0) is 40.2 Å². The van der Waals surface area contributed by atoms with Crippen LogP contribution in [0.3, 0.4) is 0 Å². The van der Waals surface area contributed by atoms with Gasteiger partial charge in [-0.25, -0.2) is 4.79 Å². The number of amides is 1. The molecule has 4 nitrogen and oxygen atoms in total. The fourth-order valence-corrected chi connectivity index (χ4v) is 1.91. The molecule has 0 radical (unpaired) electrons. The highest BCUT2D eigenvalue weighted by atomic mass is 16.6. The second kappa shape index (κ2) is 5.95. The highest BCUT2D eigenvalue weighted by molar-refractivity contribution is 5.68. The lowest BCUT2D eigenvalue weighted by atomic mass is 10.1.